The summed E-state index contributed by atoms with van der Waals surface area (Å²) < 4.78 is 0. The standard InChI is InChI=1S/C15H18N2O4.C7H8.CH4O/c1-9(7-18)4-11(16)6-17-14(20)12-3-2-10(8-19)5-13(12)15(17)21;1-7-5-3-2-4-6-7;1-2/h2-3,5,8-9,11,18H,4,6-7,16H2,1H3;2-6H,1H3;2H,1H3. The van der Waals surface area contributed by atoms with Crippen LogP contribution in [0, 0.1) is 12.8 Å². The molecule has 0 aromatic heterocycles. The summed E-state index contributed by atoms with van der Waals surface area (Å²) in [4.78, 5) is 36.3. The van der Waals surface area contributed by atoms with E-state index in [2.05, 4.69) is 19.1 Å². The van der Waals surface area contributed by atoms with Gasteiger partial charge >= 0.3 is 0 Å². The summed E-state index contributed by atoms with van der Waals surface area (Å²) in [5, 5.41) is 16.0. The highest BCUT2D eigenvalue weighted by atomic mass is 16.3. The Labute approximate surface area is 177 Å². The zero-order valence-corrected chi connectivity index (χ0v) is 17.6. The predicted molar refractivity (Wildman–Crippen MR) is 115 cm³/mol. The quantitative estimate of drug-likeness (QED) is 0.491. The molecule has 0 radical (unpaired) electrons. The van der Waals surface area contributed by atoms with E-state index in [1.54, 1.807) is 0 Å². The number of benzene rings is 2. The largest absolute Gasteiger partial charge is 0.400 e. The van der Waals surface area contributed by atoms with E-state index < -0.39 is 5.91 Å². The lowest BCUT2D eigenvalue weighted by Crippen LogP contribution is -2.41. The van der Waals surface area contributed by atoms with Crippen molar-refractivity contribution in [3.63, 3.8) is 0 Å². The van der Waals surface area contributed by atoms with Crippen LogP contribution in [0.3, 0.4) is 0 Å². The van der Waals surface area contributed by atoms with Crippen molar-refractivity contribution in [1.82, 2.24) is 4.90 Å². The third-order valence-electron chi connectivity index (χ3n) is 4.51. The number of aliphatic hydroxyl groups excluding tert-OH is 2. The first-order chi connectivity index (χ1) is 14.4. The van der Waals surface area contributed by atoms with Crippen molar-refractivity contribution in [2.45, 2.75) is 26.3 Å². The van der Waals surface area contributed by atoms with Crippen LogP contribution in [0.15, 0.2) is 48.5 Å². The van der Waals surface area contributed by atoms with E-state index in [0.717, 1.165) is 12.0 Å². The van der Waals surface area contributed by atoms with Crippen molar-refractivity contribution in [3.8, 4) is 0 Å². The molecule has 0 spiro atoms. The second kappa shape index (κ2) is 12.6. The van der Waals surface area contributed by atoms with E-state index in [9.17, 15) is 14.4 Å². The lowest BCUT2D eigenvalue weighted by atomic mass is 10.0. The number of hydrogen-bond acceptors (Lipinski definition) is 6. The molecule has 0 bridgehead atoms. The average Bonchev–Trinajstić information content (AvgIpc) is 3.00. The van der Waals surface area contributed by atoms with E-state index in [0.29, 0.717) is 23.8 Å². The summed E-state index contributed by atoms with van der Waals surface area (Å²) in [7, 11) is 1.00. The van der Waals surface area contributed by atoms with Gasteiger partial charge in [-0.15, -0.1) is 0 Å². The summed E-state index contributed by atoms with van der Waals surface area (Å²) in [5.41, 5.74) is 8.15. The number of carbonyl (C=O) groups is 3. The summed E-state index contributed by atoms with van der Waals surface area (Å²) in [6, 6.07) is 14.3. The van der Waals surface area contributed by atoms with Gasteiger partial charge in [0, 0.05) is 31.9 Å². The fourth-order valence-corrected chi connectivity index (χ4v) is 2.98. The number of aldehydes is 1. The van der Waals surface area contributed by atoms with Crippen LogP contribution in [-0.4, -0.2) is 59.5 Å². The number of nitrogens with zero attached hydrogens (tertiary/aromatic N) is 1. The smallest absolute Gasteiger partial charge is 0.261 e. The molecule has 162 valence electrons. The van der Waals surface area contributed by atoms with Crippen molar-refractivity contribution in [2.75, 3.05) is 20.3 Å². The maximum atomic E-state index is 12.3. The van der Waals surface area contributed by atoms with Gasteiger partial charge in [0.25, 0.3) is 11.8 Å². The minimum atomic E-state index is -0.425. The molecule has 4 N–H and O–H groups in total. The van der Waals surface area contributed by atoms with Gasteiger partial charge in [0.2, 0.25) is 0 Å². The Morgan fingerprint density at radius 3 is 2.13 bits per heavy atom. The fourth-order valence-electron chi connectivity index (χ4n) is 2.98. The number of rotatable bonds is 6. The highest BCUT2D eigenvalue weighted by Crippen LogP contribution is 2.24. The molecule has 2 aromatic carbocycles. The van der Waals surface area contributed by atoms with E-state index in [1.165, 1.54) is 23.8 Å². The number of imide groups is 1. The summed E-state index contributed by atoms with van der Waals surface area (Å²) in [5.74, 6) is -0.804. The van der Waals surface area contributed by atoms with E-state index in [-0.39, 0.29) is 36.6 Å². The molecule has 2 aromatic rings. The van der Waals surface area contributed by atoms with Gasteiger partial charge in [-0.3, -0.25) is 19.3 Å². The molecule has 1 aliphatic heterocycles. The topological polar surface area (TPSA) is 121 Å². The van der Waals surface area contributed by atoms with Gasteiger partial charge < -0.3 is 15.9 Å². The van der Waals surface area contributed by atoms with Crippen LogP contribution in [0.4, 0.5) is 0 Å². The zero-order valence-electron chi connectivity index (χ0n) is 17.6. The number of hydrogen-bond donors (Lipinski definition) is 3. The Morgan fingerprint density at radius 1 is 1.03 bits per heavy atom. The predicted octanol–water partition coefficient (Wildman–Crippen LogP) is 2.04. The Bertz CT molecular complexity index is 839. The van der Waals surface area contributed by atoms with Crippen LogP contribution in [0.5, 0.6) is 0 Å². The van der Waals surface area contributed by atoms with Crippen molar-refractivity contribution in [1.29, 1.82) is 0 Å². The minimum Gasteiger partial charge on any atom is -0.400 e. The lowest BCUT2D eigenvalue weighted by molar-refractivity contribution is 0.0639. The molecule has 30 heavy (non-hydrogen) atoms. The van der Waals surface area contributed by atoms with Crippen molar-refractivity contribution in [3.05, 3.63) is 70.8 Å². The van der Waals surface area contributed by atoms with Gasteiger partial charge in [0.05, 0.1) is 11.1 Å². The van der Waals surface area contributed by atoms with Gasteiger partial charge in [-0.1, -0.05) is 48.9 Å². The Morgan fingerprint density at radius 2 is 1.63 bits per heavy atom. The monoisotopic (exact) mass is 414 g/mol. The van der Waals surface area contributed by atoms with Crippen molar-refractivity contribution in [2.24, 2.45) is 11.7 Å². The Kier molecular flexibility index (Phi) is 10.6. The lowest BCUT2D eigenvalue weighted by Gasteiger charge is -2.21. The second-order valence-corrected chi connectivity index (χ2v) is 7.08. The van der Waals surface area contributed by atoms with E-state index in [1.807, 2.05) is 25.1 Å². The molecule has 2 amide bonds. The number of nitrogens with two attached hydrogens (primary N) is 1. The summed E-state index contributed by atoms with van der Waals surface area (Å²) in [6.07, 6.45) is 1.15. The highest BCUT2D eigenvalue weighted by Gasteiger charge is 2.36. The van der Waals surface area contributed by atoms with Gasteiger partial charge in [-0.05, 0) is 31.4 Å². The zero-order chi connectivity index (χ0) is 22.7. The van der Waals surface area contributed by atoms with Crippen LogP contribution < -0.4 is 5.73 Å². The van der Waals surface area contributed by atoms with Gasteiger partial charge in [0.1, 0.15) is 6.29 Å². The molecular formula is C23H30N2O5. The summed E-state index contributed by atoms with van der Waals surface area (Å²) >= 11 is 0. The number of aliphatic hydroxyl groups is 2. The minimum absolute atomic E-state index is 0.0110. The van der Waals surface area contributed by atoms with Crippen LogP contribution in [0.25, 0.3) is 0 Å². The second-order valence-electron chi connectivity index (χ2n) is 7.08. The molecule has 3 rings (SSSR count). The van der Waals surface area contributed by atoms with Gasteiger partial charge in [0.15, 0.2) is 0 Å². The van der Waals surface area contributed by atoms with Gasteiger partial charge in [-0.25, -0.2) is 0 Å². The third-order valence-corrected chi connectivity index (χ3v) is 4.51. The molecule has 2 unspecified atom stereocenters. The van der Waals surface area contributed by atoms with E-state index in [4.69, 9.17) is 15.9 Å². The summed E-state index contributed by atoms with van der Waals surface area (Å²) in [6.45, 7) is 4.05. The molecule has 0 saturated carbocycles. The Hall–Kier alpha value is -2.87. The molecule has 2 atom stereocenters. The molecular weight excluding hydrogens is 384 g/mol. The SMILES string of the molecule is CC(CO)CC(N)CN1C(=O)c2ccc(C=O)cc2C1=O.CO.Cc1ccccc1. The number of fused-ring (bicyclic) bond motifs is 1. The molecule has 7 nitrogen and oxygen atoms in total. The molecule has 0 aliphatic carbocycles. The Balaban J connectivity index is 0.000000418. The molecule has 7 heteroatoms. The maximum absolute atomic E-state index is 12.3. The third kappa shape index (κ3) is 6.88. The van der Waals surface area contributed by atoms with Gasteiger partial charge in [-0.2, -0.15) is 0 Å². The van der Waals surface area contributed by atoms with Crippen LogP contribution in [0.2, 0.25) is 0 Å². The van der Waals surface area contributed by atoms with Crippen molar-refractivity contribution >= 4 is 18.1 Å². The normalized spacial score (nSPS) is 14.0. The van der Waals surface area contributed by atoms with Crippen LogP contribution in [-0.2, 0) is 0 Å². The molecule has 0 saturated heterocycles. The molecule has 1 heterocycles. The molecule has 0 fully saturated rings. The molecule has 1 aliphatic rings. The van der Waals surface area contributed by atoms with Crippen LogP contribution in [0.1, 0.15) is 50.0 Å². The first-order valence-electron chi connectivity index (χ1n) is 9.65. The first kappa shape index (κ1) is 25.2. The number of carbonyl (C=O) groups excluding carboxylic acids is 3. The first-order valence-corrected chi connectivity index (χ1v) is 9.65. The van der Waals surface area contributed by atoms with Crippen molar-refractivity contribution < 1.29 is 24.6 Å². The van der Waals surface area contributed by atoms with Crippen LogP contribution >= 0.6 is 0 Å². The van der Waals surface area contributed by atoms with E-state index >= 15 is 0 Å². The number of amides is 2. The number of aryl methyl sites for hydroxylation is 1. The average molecular weight is 415 g/mol. The maximum Gasteiger partial charge on any atom is 0.261 e. The fraction of sp³-hybridized carbons (Fsp3) is 0.348. The highest BCUT2D eigenvalue weighted by molar-refractivity contribution is 6.21.